The van der Waals surface area contributed by atoms with E-state index in [2.05, 4.69) is 131 Å². The van der Waals surface area contributed by atoms with Crippen LogP contribution in [0.5, 0.6) is 0 Å². The van der Waals surface area contributed by atoms with Gasteiger partial charge in [0.05, 0.1) is 28.4 Å². The van der Waals surface area contributed by atoms with Crippen LogP contribution in [0.25, 0.3) is 60.8 Å². The molecule has 228 valence electrons. The van der Waals surface area contributed by atoms with Crippen molar-refractivity contribution in [2.24, 2.45) is 0 Å². The second kappa shape index (κ2) is 11.6. The van der Waals surface area contributed by atoms with Gasteiger partial charge in [0.25, 0.3) is 0 Å². The monoisotopic (exact) mass is 638 g/mol. The van der Waals surface area contributed by atoms with Crippen LogP contribution in [-0.2, 0) is 0 Å². The number of fused-ring (bicyclic) bond motifs is 4. The fraction of sp³-hybridized carbons (Fsp3) is 0. The van der Waals surface area contributed by atoms with Crippen LogP contribution in [0.2, 0.25) is 0 Å². The van der Waals surface area contributed by atoms with Gasteiger partial charge in [0.15, 0.2) is 0 Å². The van der Waals surface area contributed by atoms with Crippen LogP contribution in [0.15, 0.2) is 164 Å². The summed E-state index contributed by atoms with van der Waals surface area (Å²) in [6, 6.07) is 55.4. The lowest BCUT2D eigenvalue weighted by Crippen LogP contribution is -2.10. The molecule has 0 saturated heterocycles. The summed E-state index contributed by atoms with van der Waals surface area (Å²) in [6.45, 7) is 0. The molecule has 0 aliphatic carbocycles. The molecule has 9 rings (SSSR count). The predicted octanol–water partition coefficient (Wildman–Crippen LogP) is 11.7. The molecule has 0 radical (unpaired) electrons. The van der Waals surface area contributed by atoms with Gasteiger partial charge in [-0.25, -0.2) is 4.39 Å². The van der Waals surface area contributed by atoms with Crippen LogP contribution in [-0.4, -0.2) is 13.3 Å². The highest BCUT2D eigenvalue weighted by molar-refractivity contribution is 7.00. The van der Waals surface area contributed by atoms with Crippen molar-refractivity contribution in [2.45, 2.75) is 0 Å². The number of halogens is 1. The molecule has 0 aliphatic heterocycles. The molecule has 0 N–H and O–H groups in total. The number of aromatic nitrogens is 3. The van der Waals surface area contributed by atoms with Crippen LogP contribution in [0, 0.1) is 5.82 Å². The third kappa shape index (κ3) is 4.73. The minimum atomic E-state index is -0.242. The molecule has 0 fully saturated rings. The second-order valence-corrected chi connectivity index (χ2v) is 12.3. The Hall–Kier alpha value is -6.11. The molecule has 9 aromatic rings. The fourth-order valence-corrected chi connectivity index (χ4v) is 7.28. The Labute approximate surface area is 280 Å². The van der Waals surface area contributed by atoms with Gasteiger partial charge in [0.2, 0.25) is 0 Å². The van der Waals surface area contributed by atoms with Gasteiger partial charge < -0.3 is 9.47 Å². The average Bonchev–Trinajstić information content (AvgIpc) is 3.77. The molecule has 0 unspecified atom stereocenters. The molecule has 0 atom stereocenters. The Morgan fingerprint density at radius 1 is 0.479 bits per heavy atom. The maximum Gasteiger partial charge on any atom is 0.129 e. The third-order valence-corrected chi connectivity index (χ3v) is 9.50. The van der Waals surface area contributed by atoms with Crippen molar-refractivity contribution in [1.29, 1.82) is 0 Å². The zero-order valence-corrected chi connectivity index (χ0v) is 26.5. The van der Waals surface area contributed by atoms with Crippen LogP contribution in [0.3, 0.4) is 0 Å². The first-order valence-electron chi connectivity index (χ1n) is 15.8. The standard InChI is InChI=1S/C42H27FN4S/c43-31-20-14-28(15-21-31)29-16-22-33(23-17-29)46(32-8-2-1-3-9-32)40-27-26-35(41-42(40)45-48-44-41)30-18-24-34(25-19-30)47-38-12-6-4-10-36(38)37-11-5-7-13-39(37)47/h1-27H. The zero-order valence-electron chi connectivity index (χ0n) is 25.7. The smallest absolute Gasteiger partial charge is 0.129 e. The van der Waals surface area contributed by atoms with Crippen molar-refractivity contribution in [1.82, 2.24) is 13.3 Å². The molecular formula is C42H27FN4S. The van der Waals surface area contributed by atoms with Gasteiger partial charge in [-0.05, 0) is 89.5 Å². The molecule has 0 saturated carbocycles. The SMILES string of the molecule is Fc1ccc(-c2ccc(N(c3ccccc3)c3ccc(-c4ccc(-n5c6ccccc6c6ccccc65)cc4)c4nsnc34)cc2)cc1. The van der Waals surface area contributed by atoms with Crippen LogP contribution in [0.1, 0.15) is 0 Å². The van der Waals surface area contributed by atoms with Crippen molar-refractivity contribution in [3.63, 3.8) is 0 Å². The highest BCUT2D eigenvalue weighted by atomic mass is 32.1. The lowest BCUT2D eigenvalue weighted by atomic mass is 10.0. The van der Waals surface area contributed by atoms with Crippen LogP contribution < -0.4 is 4.90 Å². The number of benzene rings is 7. The first-order valence-corrected chi connectivity index (χ1v) is 16.5. The number of hydrogen-bond donors (Lipinski definition) is 0. The first-order chi connectivity index (χ1) is 23.7. The van der Waals surface area contributed by atoms with Crippen molar-refractivity contribution < 1.29 is 4.39 Å². The van der Waals surface area contributed by atoms with Gasteiger partial charge in [-0.1, -0.05) is 91.0 Å². The van der Waals surface area contributed by atoms with E-state index < -0.39 is 0 Å². The second-order valence-electron chi connectivity index (χ2n) is 11.7. The first kappa shape index (κ1) is 28.1. The Balaban J connectivity index is 1.12. The minimum Gasteiger partial charge on any atom is -0.309 e. The van der Waals surface area contributed by atoms with E-state index in [1.807, 2.05) is 18.2 Å². The lowest BCUT2D eigenvalue weighted by Gasteiger charge is -2.26. The van der Waals surface area contributed by atoms with Gasteiger partial charge in [-0.2, -0.15) is 8.75 Å². The largest absolute Gasteiger partial charge is 0.309 e. The molecule has 0 amide bonds. The minimum absolute atomic E-state index is 0.242. The summed E-state index contributed by atoms with van der Waals surface area (Å²) >= 11 is 1.23. The number of anilines is 3. The lowest BCUT2D eigenvalue weighted by molar-refractivity contribution is 0.628. The summed E-state index contributed by atoms with van der Waals surface area (Å²) in [6.07, 6.45) is 0. The topological polar surface area (TPSA) is 34.0 Å². The Bertz CT molecular complexity index is 2500. The Morgan fingerprint density at radius 3 is 1.69 bits per heavy atom. The van der Waals surface area contributed by atoms with E-state index in [0.29, 0.717) is 0 Å². The van der Waals surface area contributed by atoms with Gasteiger partial charge in [-0.3, -0.25) is 0 Å². The van der Waals surface area contributed by atoms with Gasteiger partial charge >= 0.3 is 0 Å². The van der Waals surface area contributed by atoms with Gasteiger partial charge in [0.1, 0.15) is 16.9 Å². The molecule has 2 heterocycles. The number of hydrogen-bond acceptors (Lipinski definition) is 4. The molecule has 0 spiro atoms. The average molecular weight is 639 g/mol. The van der Waals surface area contributed by atoms with Gasteiger partial charge in [-0.15, -0.1) is 0 Å². The maximum atomic E-state index is 13.5. The molecule has 48 heavy (non-hydrogen) atoms. The maximum absolute atomic E-state index is 13.5. The van der Waals surface area contributed by atoms with Crippen molar-refractivity contribution in [2.75, 3.05) is 4.90 Å². The van der Waals surface area contributed by atoms with Crippen molar-refractivity contribution >= 4 is 61.6 Å². The van der Waals surface area contributed by atoms with E-state index in [1.165, 1.54) is 45.7 Å². The quantitative estimate of drug-likeness (QED) is 0.182. The molecule has 7 aromatic carbocycles. The molecule has 0 bridgehead atoms. The molecule has 4 nitrogen and oxygen atoms in total. The van der Waals surface area contributed by atoms with Crippen LogP contribution in [0.4, 0.5) is 21.5 Å². The highest BCUT2D eigenvalue weighted by Crippen LogP contribution is 2.42. The van der Waals surface area contributed by atoms with E-state index in [4.69, 9.17) is 8.75 Å². The van der Waals surface area contributed by atoms with E-state index >= 15 is 0 Å². The summed E-state index contributed by atoms with van der Waals surface area (Å²) < 4.78 is 25.5. The van der Waals surface area contributed by atoms with Gasteiger partial charge in [0, 0.05) is 33.4 Å². The summed E-state index contributed by atoms with van der Waals surface area (Å²) in [5, 5.41) is 2.49. The molecular weight excluding hydrogens is 612 g/mol. The molecule has 2 aromatic heterocycles. The van der Waals surface area contributed by atoms with Crippen LogP contribution >= 0.6 is 11.7 Å². The number of para-hydroxylation sites is 3. The Morgan fingerprint density at radius 2 is 1.02 bits per heavy atom. The number of nitrogens with zero attached hydrogens (tertiary/aromatic N) is 4. The van der Waals surface area contributed by atoms with Crippen molar-refractivity contribution in [3.8, 4) is 27.9 Å². The van der Waals surface area contributed by atoms with E-state index in [1.54, 1.807) is 12.1 Å². The summed E-state index contributed by atoms with van der Waals surface area (Å²) in [7, 11) is 0. The third-order valence-electron chi connectivity index (χ3n) is 8.97. The normalized spacial score (nSPS) is 11.4. The van der Waals surface area contributed by atoms with Crippen molar-refractivity contribution in [3.05, 3.63) is 170 Å². The zero-order chi connectivity index (χ0) is 32.0. The molecule has 6 heteroatoms. The highest BCUT2D eigenvalue weighted by Gasteiger charge is 2.20. The van der Waals surface area contributed by atoms with E-state index in [-0.39, 0.29) is 5.82 Å². The fourth-order valence-electron chi connectivity index (χ4n) is 6.71. The van der Waals surface area contributed by atoms with E-state index in [0.717, 1.165) is 56.0 Å². The molecule has 0 aliphatic rings. The van der Waals surface area contributed by atoms with E-state index in [9.17, 15) is 4.39 Å². The summed E-state index contributed by atoms with van der Waals surface area (Å²) in [5.41, 5.74) is 12.3. The predicted molar refractivity (Wildman–Crippen MR) is 197 cm³/mol. The number of rotatable bonds is 6. The summed E-state index contributed by atoms with van der Waals surface area (Å²) in [5.74, 6) is -0.242. The summed E-state index contributed by atoms with van der Waals surface area (Å²) in [4.78, 5) is 2.22. The Kier molecular flexibility index (Phi) is 6.80.